The van der Waals surface area contributed by atoms with Crippen LogP contribution in [0, 0.1) is 0 Å². The van der Waals surface area contributed by atoms with Gasteiger partial charge in [-0.25, -0.2) is 9.97 Å². The van der Waals surface area contributed by atoms with Crippen LogP contribution < -0.4 is 10.6 Å². The van der Waals surface area contributed by atoms with Crippen molar-refractivity contribution in [2.24, 2.45) is 0 Å². The number of aromatic nitrogens is 4. The average molecular weight is 348 g/mol. The molecule has 0 bridgehead atoms. The Labute approximate surface area is 141 Å². The Balaban J connectivity index is 1.71. The lowest BCUT2D eigenvalue weighted by atomic mass is 10.2. The molecule has 1 fully saturated rings. The van der Waals surface area contributed by atoms with Gasteiger partial charge in [0.15, 0.2) is 0 Å². The van der Waals surface area contributed by atoms with E-state index >= 15 is 0 Å². The van der Waals surface area contributed by atoms with E-state index in [-0.39, 0.29) is 6.04 Å². The van der Waals surface area contributed by atoms with Crippen LogP contribution in [-0.2, 0) is 6.18 Å². The lowest BCUT2D eigenvalue weighted by Crippen LogP contribution is -2.22. The molecule has 4 rings (SSSR count). The third-order valence-electron chi connectivity index (χ3n) is 4.14. The van der Waals surface area contributed by atoms with Crippen molar-refractivity contribution in [3.05, 3.63) is 42.5 Å². The first-order chi connectivity index (χ1) is 12.0. The fourth-order valence-electron chi connectivity index (χ4n) is 2.88. The van der Waals surface area contributed by atoms with Crippen molar-refractivity contribution in [3.8, 4) is 11.4 Å². The Bertz CT molecular complexity index is 898. The SMILES string of the molecule is FC(F)(F)c1ccc2ncc(-c3cncc(N[C@@H]4CCNC4)n3)n2c1. The summed E-state index contributed by atoms with van der Waals surface area (Å²) in [6.45, 7) is 1.79. The number of hydrogen-bond acceptors (Lipinski definition) is 5. The van der Waals surface area contributed by atoms with Crippen molar-refractivity contribution in [3.63, 3.8) is 0 Å². The fraction of sp³-hybridized carbons (Fsp3) is 0.312. The number of nitrogens with zero attached hydrogens (tertiary/aromatic N) is 4. The highest BCUT2D eigenvalue weighted by Gasteiger charge is 2.31. The summed E-state index contributed by atoms with van der Waals surface area (Å²) in [4.78, 5) is 12.8. The van der Waals surface area contributed by atoms with Crippen LogP contribution in [0.5, 0.6) is 0 Å². The molecule has 0 amide bonds. The first-order valence-electron chi connectivity index (χ1n) is 7.85. The Morgan fingerprint density at radius 2 is 2.08 bits per heavy atom. The van der Waals surface area contributed by atoms with Crippen LogP contribution in [0.15, 0.2) is 36.9 Å². The zero-order chi connectivity index (χ0) is 17.4. The van der Waals surface area contributed by atoms with Crippen molar-refractivity contribution >= 4 is 11.5 Å². The zero-order valence-electron chi connectivity index (χ0n) is 13.1. The number of anilines is 1. The molecule has 0 aliphatic carbocycles. The number of hydrogen-bond donors (Lipinski definition) is 2. The van der Waals surface area contributed by atoms with Crippen LogP contribution in [-0.4, -0.2) is 38.5 Å². The summed E-state index contributed by atoms with van der Waals surface area (Å²) >= 11 is 0. The number of fused-ring (bicyclic) bond motifs is 1. The van der Waals surface area contributed by atoms with E-state index in [4.69, 9.17) is 0 Å². The van der Waals surface area contributed by atoms with Gasteiger partial charge in [-0.1, -0.05) is 0 Å². The molecule has 0 unspecified atom stereocenters. The van der Waals surface area contributed by atoms with E-state index in [1.54, 1.807) is 6.20 Å². The van der Waals surface area contributed by atoms with Gasteiger partial charge in [-0.3, -0.25) is 9.38 Å². The molecule has 4 heterocycles. The average Bonchev–Trinajstić information content (AvgIpc) is 3.23. The number of pyridine rings is 1. The summed E-state index contributed by atoms with van der Waals surface area (Å²) in [5, 5.41) is 6.53. The third kappa shape index (κ3) is 3.14. The normalized spacial score (nSPS) is 18.0. The molecule has 3 aromatic rings. The van der Waals surface area contributed by atoms with Crippen LogP contribution in [0.3, 0.4) is 0 Å². The molecule has 6 nitrogen and oxygen atoms in total. The Kier molecular flexibility index (Phi) is 3.79. The van der Waals surface area contributed by atoms with Crippen molar-refractivity contribution < 1.29 is 13.2 Å². The van der Waals surface area contributed by atoms with E-state index in [9.17, 15) is 13.2 Å². The van der Waals surface area contributed by atoms with Gasteiger partial charge in [0.05, 0.1) is 29.8 Å². The number of rotatable bonds is 3. The van der Waals surface area contributed by atoms with Crippen LogP contribution in [0.25, 0.3) is 17.0 Å². The Morgan fingerprint density at radius 1 is 1.20 bits per heavy atom. The molecule has 0 saturated carbocycles. The molecule has 0 aromatic carbocycles. The second kappa shape index (κ2) is 5.99. The summed E-state index contributed by atoms with van der Waals surface area (Å²) in [6.07, 6.45) is 2.21. The predicted octanol–water partition coefficient (Wildman–Crippen LogP) is 2.58. The lowest BCUT2D eigenvalue weighted by Gasteiger charge is -2.12. The zero-order valence-corrected chi connectivity index (χ0v) is 13.1. The van der Waals surface area contributed by atoms with Gasteiger partial charge in [-0.05, 0) is 25.1 Å². The number of nitrogens with one attached hydrogen (secondary N) is 2. The molecule has 1 aliphatic heterocycles. The fourth-order valence-corrected chi connectivity index (χ4v) is 2.88. The van der Waals surface area contributed by atoms with Gasteiger partial charge in [-0.15, -0.1) is 0 Å². The smallest absolute Gasteiger partial charge is 0.365 e. The molecule has 1 saturated heterocycles. The van der Waals surface area contributed by atoms with Gasteiger partial charge in [0.25, 0.3) is 0 Å². The Morgan fingerprint density at radius 3 is 2.84 bits per heavy atom. The first kappa shape index (κ1) is 15.8. The molecule has 1 aliphatic rings. The minimum atomic E-state index is -4.42. The predicted molar refractivity (Wildman–Crippen MR) is 86.1 cm³/mol. The van der Waals surface area contributed by atoms with Gasteiger partial charge in [0.2, 0.25) is 0 Å². The van der Waals surface area contributed by atoms with Crippen LogP contribution in [0.1, 0.15) is 12.0 Å². The molecule has 130 valence electrons. The second-order valence-electron chi connectivity index (χ2n) is 5.91. The van der Waals surface area contributed by atoms with Crippen molar-refractivity contribution in [2.75, 3.05) is 18.4 Å². The second-order valence-corrected chi connectivity index (χ2v) is 5.91. The van der Waals surface area contributed by atoms with Crippen molar-refractivity contribution in [1.82, 2.24) is 24.7 Å². The van der Waals surface area contributed by atoms with Crippen molar-refractivity contribution in [2.45, 2.75) is 18.6 Å². The summed E-state index contributed by atoms with van der Waals surface area (Å²) in [7, 11) is 0. The summed E-state index contributed by atoms with van der Waals surface area (Å²) in [5.74, 6) is 0.591. The van der Waals surface area contributed by atoms with Gasteiger partial charge < -0.3 is 10.6 Å². The first-order valence-corrected chi connectivity index (χ1v) is 7.85. The van der Waals surface area contributed by atoms with E-state index in [0.29, 0.717) is 22.9 Å². The molecule has 9 heteroatoms. The van der Waals surface area contributed by atoms with E-state index in [1.807, 2.05) is 0 Å². The van der Waals surface area contributed by atoms with E-state index in [0.717, 1.165) is 31.8 Å². The maximum atomic E-state index is 13.0. The summed E-state index contributed by atoms with van der Waals surface area (Å²) in [6, 6.07) is 2.62. The minimum absolute atomic E-state index is 0.267. The lowest BCUT2D eigenvalue weighted by molar-refractivity contribution is -0.137. The third-order valence-corrected chi connectivity index (χ3v) is 4.14. The molecular formula is C16H15F3N6. The summed E-state index contributed by atoms with van der Waals surface area (Å²) in [5.41, 5.74) is 0.603. The maximum absolute atomic E-state index is 13.0. The van der Waals surface area contributed by atoms with Crippen LogP contribution in [0.2, 0.25) is 0 Å². The highest BCUT2D eigenvalue weighted by Crippen LogP contribution is 2.30. The molecule has 0 spiro atoms. The number of imidazole rings is 1. The molecule has 2 N–H and O–H groups in total. The van der Waals surface area contributed by atoms with Gasteiger partial charge in [-0.2, -0.15) is 13.2 Å². The van der Waals surface area contributed by atoms with E-state index in [2.05, 4.69) is 25.6 Å². The standard InChI is InChI=1S/C16H15F3N6/c17-16(18,19)10-1-2-15-22-7-13(25(15)9-10)12-6-21-8-14(24-12)23-11-3-4-20-5-11/h1-2,6-9,11,20H,3-5H2,(H,23,24)/t11-/m1/s1. The topological polar surface area (TPSA) is 67.1 Å². The molecule has 3 aromatic heterocycles. The number of alkyl halides is 3. The van der Waals surface area contributed by atoms with Gasteiger partial charge >= 0.3 is 6.18 Å². The van der Waals surface area contributed by atoms with E-state index < -0.39 is 11.7 Å². The van der Waals surface area contributed by atoms with E-state index in [1.165, 1.54) is 22.9 Å². The van der Waals surface area contributed by atoms with Gasteiger partial charge in [0, 0.05) is 18.8 Å². The van der Waals surface area contributed by atoms with Crippen molar-refractivity contribution in [1.29, 1.82) is 0 Å². The largest absolute Gasteiger partial charge is 0.417 e. The Hall–Kier alpha value is -2.68. The number of halogens is 3. The highest BCUT2D eigenvalue weighted by molar-refractivity contribution is 5.61. The molecule has 0 radical (unpaired) electrons. The molecular weight excluding hydrogens is 333 g/mol. The van der Waals surface area contributed by atoms with Crippen LogP contribution >= 0.6 is 0 Å². The summed E-state index contributed by atoms with van der Waals surface area (Å²) < 4.78 is 40.3. The minimum Gasteiger partial charge on any atom is -0.365 e. The highest BCUT2D eigenvalue weighted by atomic mass is 19.4. The van der Waals surface area contributed by atoms with Gasteiger partial charge in [0.1, 0.15) is 17.2 Å². The molecule has 25 heavy (non-hydrogen) atoms. The molecule has 1 atom stereocenters. The maximum Gasteiger partial charge on any atom is 0.417 e. The monoisotopic (exact) mass is 348 g/mol. The van der Waals surface area contributed by atoms with Crippen LogP contribution in [0.4, 0.5) is 19.0 Å². The quantitative estimate of drug-likeness (QED) is 0.762.